The van der Waals surface area contributed by atoms with Gasteiger partial charge >= 0.3 is 5.97 Å². The number of phenols is 1. The van der Waals surface area contributed by atoms with Crippen LogP contribution in [-0.2, 0) is 4.74 Å². The first kappa shape index (κ1) is 10.2. The minimum atomic E-state index is -0.532. The SMILES string of the molecule is COC(=O)c1ccc(C=O)c(O)c1C. The topological polar surface area (TPSA) is 63.6 Å². The number of rotatable bonds is 2. The monoisotopic (exact) mass is 194 g/mol. The molecule has 0 amide bonds. The number of phenolic OH excluding ortho intramolecular Hbond substituents is 1. The number of hydrogen-bond acceptors (Lipinski definition) is 4. The van der Waals surface area contributed by atoms with Gasteiger partial charge in [0.05, 0.1) is 18.2 Å². The highest BCUT2D eigenvalue weighted by Gasteiger charge is 2.14. The Hall–Kier alpha value is -1.84. The van der Waals surface area contributed by atoms with Gasteiger partial charge in [-0.05, 0) is 19.1 Å². The number of ether oxygens (including phenoxy) is 1. The summed E-state index contributed by atoms with van der Waals surface area (Å²) in [6, 6.07) is 2.83. The van der Waals surface area contributed by atoms with Gasteiger partial charge in [-0.25, -0.2) is 4.79 Å². The Balaban J connectivity index is 3.30. The number of methoxy groups -OCH3 is 1. The van der Waals surface area contributed by atoms with Crippen LogP contribution < -0.4 is 0 Å². The third-order valence-corrected chi connectivity index (χ3v) is 1.99. The first-order valence-corrected chi connectivity index (χ1v) is 3.98. The van der Waals surface area contributed by atoms with Gasteiger partial charge in [0.1, 0.15) is 5.75 Å². The van der Waals surface area contributed by atoms with Crippen LogP contribution in [0.1, 0.15) is 26.3 Å². The molecule has 0 heterocycles. The first-order chi connectivity index (χ1) is 6.61. The van der Waals surface area contributed by atoms with E-state index in [-0.39, 0.29) is 16.9 Å². The molecule has 0 fully saturated rings. The molecule has 0 aliphatic carbocycles. The predicted octanol–water partition coefficient (Wildman–Crippen LogP) is 1.30. The number of hydrogen-bond donors (Lipinski definition) is 1. The van der Waals surface area contributed by atoms with E-state index < -0.39 is 5.97 Å². The van der Waals surface area contributed by atoms with E-state index in [2.05, 4.69) is 4.74 Å². The van der Waals surface area contributed by atoms with E-state index in [1.54, 1.807) is 6.92 Å². The summed E-state index contributed by atoms with van der Waals surface area (Å²) < 4.78 is 4.51. The predicted molar refractivity (Wildman–Crippen MR) is 49.6 cm³/mol. The van der Waals surface area contributed by atoms with Gasteiger partial charge in [0.25, 0.3) is 0 Å². The van der Waals surface area contributed by atoms with Crippen LogP contribution in [0.15, 0.2) is 12.1 Å². The molecule has 1 rings (SSSR count). The molecular weight excluding hydrogens is 184 g/mol. The molecule has 0 radical (unpaired) electrons. The summed E-state index contributed by atoms with van der Waals surface area (Å²) in [5, 5.41) is 9.48. The number of aromatic hydroxyl groups is 1. The normalized spacial score (nSPS) is 9.57. The van der Waals surface area contributed by atoms with E-state index in [4.69, 9.17) is 0 Å². The summed E-state index contributed by atoms with van der Waals surface area (Å²) in [4.78, 5) is 21.6. The van der Waals surface area contributed by atoms with Crippen LogP contribution in [0.25, 0.3) is 0 Å². The summed E-state index contributed by atoms with van der Waals surface area (Å²) in [7, 11) is 1.26. The fourth-order valence-corrected chi connectivity index (χ4v) is 1.15. The molecule has 0 bridgehead atoms. The van der Waals surface area contributed by atoms with Crippen LogP contribution >= 0.6 is 0 Å². The standard InChI is InChI=1S/C10H10O4/c1-6-8(10(13)14-2)4-3-7(5-11)9(6)12/h3-5,12H,1-2H3. The van der Waals surface area contributed by atoms with Crippen molar-refractivity contribution in [3.8, 4) is 5.75 Å². The summed E-state index contributed by atoms with van der Waals surface area (Å²) in [6.07, 6.45) is 0.531. The summed E-state index contributed by atoms with van der Waals surface area (Å²) >= 11 is 0. The maximum Gasteiger partial charge on any atom is 0.338 e. The van der Waals surface area contributed by atoms with Crippen molar-refractivity contribution in [1.29, 1.82) is 0 Å². The average Bonchev–Trinajstić information content (AvgIpc) is 2.21. The number of carbonyl (C=O) groups is 2. The Bertz CT molecular complexity index is 382. The third kappa shape index (κ3) is 1.59. The average molecular weight is 194 g/mol. The molecule has 0 saturated carbocycles. The second-order valence-electron chi connectivity index (χ2n) is 2.79. The summed E-state index contributed by atoms with van der Waals surface area (Å²) in [6.45, 7) is 1.55. The molecule has 0 aromatic heterocycles. The third-order valence-electron chi connectivity index (χ3n) is 1.99. The van der Waals surface area contributed by atoms with Crippen molar-refractivity contribution in [1.82, 2.24) is 0 Å². The zero-order valence-corrected chi connectivity index (χ0v) is 7.90. The zero-order valence-electron chi connectivity index (χ0n) is 7.90. The maximum absolute atomic E-state index is 11.2. The van der Waals surface area contributed by atoms with Crippen molar-refractivity contribution >= 4 is 12.3 Å². The number of esters is 1. The smallest absolute Gasteiger partial charge is 0.338 e. The van der Waals surface area contributed by atoms with Gasteiger partial charge in [-0.2, -0.15) is 0 Å². The van der Waals surface area contributed by atoms with Crippen LogP contribution in [0.5, 0.6) is 5.75 Å². The van der Waals surface area contributed by atoms with Crippen LogP contribution in [-0.4, -0.2) is 24.5 Å². The minimum Gasteiger partial charge on any atom is -0.507 e. The highest BCUT2D eigenvalue weighted by atomic mass is 16.5. The molecule has 14 heavy (non-hydrogen) atoms. The Labute approximate surface area is 81.1 Å². The van der Waals surface area contributed by atoms with Gasteiger partial charge in [0, 0.05) is 5.56 Å². The molecule has 0 aliphatic rings. The lowest BCUT2D eigenvalue weighted by Gasteiger charge is -2.06. The lowest BCUT2D eigenvalue weighted by molar-refractivity contribution is 0.0599. The molecule has 0 saturated heterocycles. The molecule has 0 aliphatic heterocycles. The fourth-order valence-electron chi connectivity index (χ4n) is 1.15. The molecule has 74 valence electrons. The van der Waals surface area contributed by atoms with E-state index in [1.807, 2.05) is 0 Å². The van der Waals surface area contributed by atoms with Crippen molar-refractivity contribution in [3.05, 3.63) is 28.8 Å². The molecule has 1 N–H and O–H groups in total. The summed E-state index contributed by atoms with van der Waals surface area (Å²) in [5.41, 5.74) is 0.771. The van der Waals surface area contributed by atoms with E-state index in [9.17, 15) is 14.7 Å². The lowest BCUT2D eigenvalue weighted by Crippen LogP contribution is -2.04. The van der Waals surface area contributed by atoms with Crippen LogP contribution in [0, 0.1) is 6.92 Å². The lowest BCUT2D eigenvalue weighted by atomic mass is 10.0. The van der Waals surface area contributed by atoms with E-state index >= 15 is 0 Å². The highest BCUT2D eigenvalue weighted by Crippen LogP contribution is 2.24. The number of aldehydes is 1. The molecular formula is C10H10O4. The fraction of sp³-hybridized carbons (Fsp3) is 0.200. The molecule has 0 spiro atoms. The number of benzene rings is 1. The molecule has 0 atom stereocenters. The molecule has 4 heteroatoms. The van der Waals surface area contributed by atoms with Gasteiger partial charge in [-0.15, -0.1) is 0 Å². The van der Waals surface area contributed by atoms with Crippen molar-refractivity contribution in [3.63, 3.8) is 0 Å². The zero-order chi connectivity index (χ0) is 10.7. The molecule has 1 aromatic carbocycles. The van der Waals surface area contributed by atoms with Gasteiger partial charge < -0.3 is 9.84 Å². The van der Waals surface area contributed by atoms with Crippen LogP contribution in [0.3, 0.4) is 0 Å². The molecule has 4 nitrogen and oxygen atoms in total. The second-order valence-corrected chi connectivity index (χ2v) is 2.79. The van der Waals surface area contributed by atoms with E-state index in [0.29, 0.717) is 11.8 Å². The Morgan fingerprint density at radius 3 is 2.64 bits per heavy atom. The van der Waals surface area contributed by atoms with Crippen LogP contribution in [0.2, 0.25) is 0 Å². The largest absolute Gasteiger partial charge is 0.507 e. The van der Waals surface area contributed by atoms with Gasteiger partial charge in [0.2, 0.25) is 0 Å². The van der Waals surface area contributed by atoms with E-state index in [1.165, 1.54) is 19.2 Å². The van der Waals surface area contributed by atoms with Crippen molar-refractivity contribution in [2.45, 2.75) is 6.92 Å². The van der Waals surface area contributed by atoms with Crippen molar-refractivity contribution in [2.24, 2.45) is 0 Å². The van der Waals surface area contributed by atoms with Gasteiger partial charge in [0.15, 0.2) is 6.29 Å². The van der Waals surface area contributed by atoms with E-state index in [0.717, 1.165) is 0 Å². The molecule has 1 aromatic rings. The first-order valence-electron chi connectivity index (χ1n) is 3.98. The van der Waals surface area contributed by atoms with Gasteiger partial charge in [-0.3, -0.25) is 4.79 Å². The summed E-state index contributed by atoms with van der Waals surface area (Å²) in [5.74, 6) is -0.710. The molecule has 0 unspecified atom stereocenters. The van der Waals surface area contributed by atoms with Crippen molar-refractivity contribution in [2.75, 3.05) is 7.11 Å². The quantitative estimate of drug-likeness (QED) is 0.569. The Morgan fingerprint density at radius 1 is 1.50 bits per heavy atom. The van der Waals surface area contributed by atoms with Crippen molar-refractivity contribution < 1.29 is 19.4 Å². The van der Waals surface area contributed by atoms with Crippen LogP contribution in [0.4, 0.5) is 0 Å². The minimum absolute atomic E-state index is 0.162. The maximum atomic E-state index is 11.2. The highest BCUT2D eigenvalue weighted by molar-refractivity contribution is 5.93. The Morgan fingerprint density at radius 2 is 2.14 bits per heavy atom. The Kier molecular flexibility index (Phi) is 2.86. The second kappa shape index (κ2) is 3.91. The number of carbonyl (C=O) groups excluding carboxylic acids is 2. The van der Waals surface area contributed by atoms with Gasteiger partial charge in [-0.1, -0.05) is 0 Å².